The molecule has 0 saturated heterocycles. The van der Waals surface area contributed by atoms with E-state index < -0.39 is 0 Å². The van der Waals surface area contributed by atoms with Gasteiger partial charge in [0.25, 0.3) is 0 Å². The molecule has 0 N–H and O–H groups in total. The number of rotatable bonds is 3. The summed E-state index contributed by atoms with van der Waals surface area (Å²) >= 11 is 5.48. The minimum absolute atomic E-state index is 0.494. The van der Waals surface area contributed by atoms with E-state index in [-0.39, 0.29) is 0 Å². The lowest BCUT2D eigenvalue weighted by atomic mass is 10.2. The molecule has 0 aliphatic carbocycles. The topological polar surface area (TPSA) is 29.4 Å². The summed E-state index contributed by atoms with van der Waals surface area (Å²) in [6, 6.07) is 7.22. The first-order chi connectivity index (χ1) is 6.36. The molecule has 0 aromatic heterocycles. The molecule has 0 spiro atoms. The molecular weight excluding hydrogens is 186 g/mol. The number of halogens is 1. The monoisotopic (exact) mass is 193 g/mol. The molecule has 0 atom stereocenters. The minimum Gasteiger partial charge on any atom is -0.211 e. The summed E-state index contributed by atoms with van der Waals surface area (Å²) < 4.78 is 0. The Kier molecular flexibility index (Phi) is 3.97. The highest BCUT2D eigenvalue weighted by molar-refractivity contribution is 6.19. The van der Waals surface area contributed by atoms with Gasteiger partial charge in [-0.3, -0.25) is 0 Å². The molecule has 0 unspecified atom stereocenters. The van der Waals surface area contributed by atoms with Crippen molar-refractivity contribution >= 4 is 29.4 Å². The van der Waals surface area contributed by atoms with E-state index in [9.17, 15) is 4.79 Å². The molecule has 1 aromatic rings. The van der Waals surface area contributed by atoms with Gasteiger partial charge in [0.05, 0.1) is 5.69 Å². The quantitative estimate of drug-likeness (QED) is 0.412. The Labute approximate surface area is 81.6 Å². The molecular formula is C10H8ClNO. The van der Waals surface area contributed by atoms with Crippen molar-refractivity contribution in [3.05, 3.63) is 35.9 Å². The van der Waals surface area contributed by atoms with Crippen LogP contribution >= 0.6 is 11.6 Å². The van der Waals surface area contributed by atoms with Crippen LogP contribution in [0.3, 0.4) is 0 Å². The summed E-state index contributed by atoms with van der Waals surface area (Å²) in [6.07, 6.45) is 5.23. The number of allylic oxidation sites excluding steroid dienone is 1. The van der Waals surface area contributed by atoms with Gasteiger partial charge in [-0.05, 0) is 17.7 Å². The minimum atomic E-state index is 0.494. The van der Waals surface area contributed by atoms with Gasteiger partial charge in [0.1, 0.15) is 0 Å². The number of hydrogen-bond acceptors (Lipinski definition) is 2. The zero-order valence-corrected chi connectivity index (χ0v) is 7.66. The summed E-state index contributed by atoms with van der Waals surface area (Å²) in [4.78, 5) is 13.4. The van der Waals surface area contributed by atoms with Crippen molar-refractivity contribution in [1.82, 2.24) is 0 Å². The van der Waals surface area contributed by atoms with Crippen molar-refractivity contribution in [1.29, 1.82) is 0 Å². The highest BCUT2D eigenvalue weighted by Gasteiger charge is 1.88. The highest BCUT2D eigenvalue weighted by Crippen LogP contribution is 2.12. The zero-order chi connectivity index (χ0) is 9.52. The van der Waals surface area contributed by atoms with Crippen LogP contribution in [0.15, 0.2) is 35.3 Å². The highest BCUT2D eigenvalue weighted by atomic mass is 35.5. The van der Waals surface area contributed by atoms with E-state index in [4.69, 9.17) is 11.6 Å². The molecule has 2 nitrogen and oxygen atoms in total. The van der Waals surface area contributed by atoms with Crippen molar-refractivity contribution in [3.8, 4) is 0 Å². The van der Waals surface area contributed by atoms with Crippen LogP contribution < -0.4 is 0 Å². The molecule has 1 aromatic carbocycles. The maximum atomic E-state index is 9.91. The third-order valence-corrected chi connectivity index (χ3v) is 1.65. The van der Waals surface area contributed by atoms with Crippen molar-refractivity contribution in [2.24, 2.45) is 4.99 Å². The first kappa shape index (κ1) is 9.72. The SMILES string of the molecule is O=C=Nc1ccc(C=CCCl)cc1. The third kappa shape index (κ3) is 3.24. The average molecular weight is 194 g/mol. The average Bonchev–Trinajstić information content (AvgIpc) is 2.17. The fourth-order valence-electron chi connectivity index (χ4n) is 0.893. The summed E-state index contributed by atoms with van der Waals surface area (Å²) in [5, 5.41) is 0. The molecule has 0 fully saturated rings. The van der Waals surface area contributed by atoms with Crippen molar-refractivity contribution in [2.45, 2.75) is 0 Å². The summed E-state index contributed by atoms with van der Waals surface area (Å²) in [6.45, 7) is 0. The molecule has 0 bridgehead atoms. The van der Waals surface area contributed by atoms with Crippen LogP contribution in [0.25, 0.3) is 6.08 Å². The fourth-order valence-corrected chi connectivity index (χ4v) is 0.982. The number of aliphatic imine (C=N–C) groups is 1. The molecule has 13 heavy (non-hydrogen) atoms. The van der Waals surface area contributed by atoms with E-state index in [0.717, 1.165) is 5.56 Å². The second-order valence-corrected chi connectivity index (χ2v) is 2.66. The van der Waals surface area contributed by atoms with Crippen LogP contribution in [0.4, 0.5) is 5.69 Å². The lowest BCUT2D eigenvalue weighted by molar-refractivity contribution is 0.565. The van der Waals surface area contributed by atoms with Crippen LogP contribution in [0.5, 0.6) is 0 Å². The number of carbonyl (C=O) groups excluding carboxylic acids is 1. The molecule has 0 aliphatic heterocycles. The first-order valence-corrected chi connectivity index (χ1v) is 4.30. The van der Waals surface area contributed by atoms with Crippen molar-refractivity contribution in [2.75, 3.05) is 5.88 Å². The van der Waals surface area contributed by atoms with Gasteiger partial charge in [-0.25, -0.2) is 4.79 Å². The zero-order valence-electron chi connectivity index (χ0n) is 6.90. The molecule has 3 heteroatoms. The van der Waals surface area contributed by atoms with Gasteiger partial charge in [-0.2, -0.15) is 4.99 Å². The molecule has 0 saturated carbocycles. The van der Waals surface area contributed by atoms with Crippen LogP contribution in [0.1, 0.15) is 5.56 Å². The number of alkyl halides is 1. The van der Waals surface area contributed by atoms with E-state index in [0.29, 0.717) is 11.6 Å². The van der Waals surface area contributed by atoms with Crippen LogP contribution in [-0.2, 0) is 4.79 Å². The van der Waals surface area contributed by atoms with Gasteiger partial charge < -0.3 is 0 Å². The van der Waals surface area contributed by atoms with E-state index >= 15 is 0 Å². The number of hydrogen-bond donors (Lipinski definition) is 0. The van der Waals surface area contributed by atoms with Gasteiger partial charge in [0.2, 0.25) is 6.08 Å². The van der Waals surface area contributed by atoms with Crippen molar-refractivity contribution in [3.63, 3.8) is 0 Å². The van der Waals surface area contributed by atoms with Gasteiger partial charge in [-0.1, -0.05) is 24.3 Å². The van der Waals surface area contributed by atoms with Crippen LogP contribution in [0.2, 0.25) is 0 Å². The molecule has 0 aliphatic rings. The van der Waals surface area contributed by atoms with E-state index in [1.807, 2.05) is 24.3 Å². The molecule has 1 rings (SSSR count). The Bertz CT molecular complexity index is 336. The van der Waals surface area contributed by atoms with Gasteiger partial charge in [-0.15, -0.1) is 11.6 Å². The standard InChI is InChI=1S/C10H8ClNO/c11-7-1-2-9-3-5-10(6-4-9)12-8-13/h1-6H,7H2. The van der Waals surface area contributed by atoms with E-state index in [1.54, 1.807) is 12.1 Å². The molecule has 0 heterocycles. The Morgan fingerprint density at radius 3 is 2.62 bits per heavy atom. The number of benzene rings is 1. The molecule has 0 radical (unpaired) electrons. The maximum absolute atomic E-state index is 9.91. The van der Waals surface area contributed by atoms with E-state index in [1.165, 1.54) is 6.08 Å². The summed E-state index contributed by atoms with van der Waals surface area (Å²) in [5.41, 5.74) is 1.64. The predicted octanol–water partition coefficient (Wildman–Crippen LogP) is 2.91. The predicted molar refractivity (Wildman–Crippen MR) is 54.0 cm³/mol. The van der Waals surface area contributed by atoms with Gasteiger partial charge in [0, 0.05) is 5.88 Å². The summed E-state index contributed by atoms with van der Waals surface area (Å²) in [5.74, 6) is 0.494. The number of isocyanates is 1. The lowest BCUT2D eigenvalue weighted by Gasteiger charge is -1.92. The third-order valence-electron chi connectivity index (χ3n) is 1.47. The van der Waals surface area contributed by atoms with Crippen LogP contribution in [0, 0.1) is 0 Å². The Morgan fingerprint density at radius 1 is 1.38 bits per heavy atom. The fraction of sp³-hybridized carbons (Fsp3) is 0.100. The van der Waals surface area contributed by atoms with Gasteiger partial charge >= 0.3 is 0 Å². The summed E-state index contributed by atoms with van der Waals surface area (Å²) in [7, 11) is 0. The maximum Gasteiger partial charge on any atom is 0.240 e. The lowest BCUT2D eigenvalue weighted by Crippen LogP contribution is -1.70. The molecule has 0 amide bonds. The Morgan fingerprint density at radius 2 is 2.08 bits per heavy atom. The first-order valence-electron chi connectivity index (χ1n) is 3.77. The smallest absolute Gasteiger partial charge is 0.211 e. The Hall–Kier alpha value is -1.37. The Balaban J connectivity index is 2.80. The van der Waals surface area contributed by atoms with Crippen LogP contribution in [-0.4, -0.2) is 12.0 Å². The second kappa shape index (κ2) is 5.31. The second-order valence-electron chi connectivity index (χ2n) is 2.35. The normalized spacial score (nSPS) is 9.92. The van der Waals surface area contributed by atoms with Crippen molar-refractivity contribution < 1.29 is 4.79 Å². The number of nitrogens with zero attached hydrogens (tertiary/aromatic N) is 1. The largest absolute Gasteiger partial charge is 0.240 e. The van der Waals surface area contributed by atoms with Gasteiger partial charge in [0.15, 0.2) is 0 Å². The molecule has 66 valence electrons. The van der Waals surface area contributed by atoms with E-state index in [2.05, 4.69) is 4.99 Å².